The van der Waals surface area contributed by atoms with E-state index in [1.807, 2.05) is 45.2 Å². The van der Waals surface area contributed by atoms with Crippen LogP contribution in [0.4, 0.5) is 0 Å². The minimum absolute atomic E-state index is 0.0859. The molecule has 0 radical (unpaired) electrons. The number of rotatable bonds is 7. The summed E-state index contributed by atoms with van der Waals surface area (Å²) in [6, 6.07) is 8.59. The van der Waals surface area contributed by atoms with Gasteiger partial charge in [-0.2, -0.15) is 4.31 Å². The van der Waals surface area contributed by atoms with Gasteiger partial charge >= 0.3 is 0 Å². The second-order valence-electron chi connectivity index (χ2n) is 8.50. The number of hydrogen-bond donors (Lipinski definition) is 1. The van der Waals surface area contributed by atoms with Gasteiger partial charge in [0.25, 0.3) is 0 Å². The third kappa shape index (κ3) is 5.56. The summed E-state index contributed by atoms with van der Waals surface area (Å²) >= 11 is 0. The molecule has 1 aliphatic heterocycles. The number of nitrogens with zero attached hydrogens (tertiary/aromatic N) is 3. The van der Waals surface area contributed by atoms with Crippen LogP contribution in [0, 0.1) is 5.92 Å². The van der Waals surface area contributed by atoms with Crippen LogP contribution in [0.1, 0.15) is 31.9 Å². The van der Waals surface area contributed by atoms with Gasteiger partial charge in [-0.3, -0.25) is 9.88 Å². The number of aromatic nitrogens is 1. The normalized spacial score (nSPS) is 22.2. The number of likely N-dealkylation sites (N-methyl/N-ethyl adjacent to an activating group) is 1. The van der Waals surface area contributed by atoms with Crippen LogP contribution in [-0.2, 0) is 16.6 Å². The fraction of sp³-hybridized carbons (Fsp3) is 0.458. The van der Waals surface area contributed by atoms with Gasteiger partial charge in [-0.25, -0.2) is 8.42 Å². The van der Waals surface area contributed by atoms with Crippen molar-refractivity contribution in [3.8, 4) is 5.75 Å². The zero-order valence-corrected chi connectivity index (χ0v) is 20.0. The summed E-state index contributed by atoms with van der Waals surface area (Å²) in [6.07, 6.45) is 7.14. The lowest BCUT2D eigenvalue weighted by Crippen LogP contribution is -2.49. The standard InChI is InChI=1S/C24H33N3O4S/c1-5-6-20-7-8-24-22(13-20)31-23(16-26(4)15-21-9-11-25-12-10-21)18(2)14-27(19(3)17-28)32(24,29)30/h5-13,18-19,23,28H,14-17H2,1-4H3/b6-5+/t18-,19-,23+/m0/s1. The molecular formula is C24H33N3O4S. The first-order valence-electron chi connectivity index (χ1n) is 10.9. The highest BCUT2D eigenvalue weighted by molar-refractivity contribution is 7.89. The molecule has 174 valence electrons. The molecule has 3 rings (SSSR count). The van der Waals surface area contributed by atoms with Crippen molar-refractivity contribution in [3.63, 3.8) is 0 Å². The molecule has 1 aromatic heterocycles. The third-order valence-corrected chi connectivity index (χ3v) is 7.76. The van der Waals surface area contributed by atoms with Crippen LogP contribution in [-0.4, -0.2) is 66.6 Å². The highest BCUT2D eigenvalue weighted by Gasteiger charge is 2.38. The topological polar surface area (TPSA) is 83.0 Å². The third-order valence-electron chi connectivity index (χ3n) is 5.74. The van der Waals surface area contributed by atoms with Gasteiger partial charge in [-0.15, -0.1) is 0 Å². The molecule has 1 aliphatic rings. The summed E-state index contributed by atoms with van der Waals surface area (Å²) in [7, 11) is -1.79. The van der Waals surface area contributed by atoms with E-state index in [4.69, 9.17) is 4.74 Å². The summed E-state index contributed by atoms with van der Waals surface area (Å²) in [4.78, 5) is 6.37. The molecule has 3 atom stereocenters. The maximum Gasteiger partial charge on any atom is 0.247 e. The van der Waals surface area contributed by atoms with E-state index in [1.165, 1.54) is 4.31 Å². The van der Waals surface area contributed by atoms with E-state index in [-0.39, 0.29) is 30.1 Å². The average Bonchev–Trinajstić information content (AvgIpc) is 2.76. The number of pyridine rings is 1. The molecule has 0 fully saturated rings. The van der Waals surface area contributed by atoms with Gasteiger partial charge in [0.2, 0.25) is 10.0 Å². The molecule has 0 amide bonds. The molecule has 1 N–H and O–H groups in total. The molecule has 8 heteroatoms. The van der Waals surface area contributed by atoms with E-state index in [9.17, 15) is 13.5 Å². The second kappa shape index (κ2) is 10.6. The summed E-state index contributed by atoms with van der Waals surface area (Å²) < 4.78 is 34.7. The lowest BCUT2D eigenvalue weighted by atomic mass is 10.0. The van der Waals surface area contributed by atoms with Crippen molar-refractivity contribution >= 4 is 16.1 Å². The van der Waals surface area contributed by atoms with Crippen molar-refractivity contribution in [2.24, 2.45) is 5.92 Å². The van der Waals surface area contributed by atoms with Crippen molar-refractivity contribution in [3.05, 3.63) is 59.9 Å². The SMILES string of the molecule is C/C=C/c1ccc2c(c1)O[C@H](CN(C)Cc1ccncc1)[C@@H](C)CN([C@@H](C)CO)S2(=O)=O. The zero-order chi connectivity index (χ0) is 23.3. The number of aliphatic hydroxyl groups is 1. The number of fused-ring (bicyclic) bond motifs is 1. The average molecular weight is 460 g/mol. The van der Waals surface area contributed by atoms with E-state index in [2.05, 4.69) is 9.88 Å². The zero-order valence-electron chi connectivity index (χ0n) is 19.2. The second-order valence-corrected chi connectivity index (χ2v) is 10.4. The van der Waals surface area contributed by atoms with Gasteiger partial charge in [0, 0.05) is 44.0 Å². The Kier molecular flexibility index (Phi) is 8.05. The molecule has 0 saturated carbocycles. The van der Waals surface area contributed by atoms with E-state index in [0.29, 0.717) is 12.3 Å². The molecule has 0 bridgehead atoms. The first-order valence-corrected chi connectivity index (χ1v) is 12.3. The lowest BCUT2D eigenvalue weighted by molar-refractivity contribution is 0.0733. The van der Waals surface area contributed by atoms with Crippen molar-refractivity contribution in [1.82, 2.24) is 14.2 Å². The maximum atomic E-state index is 13.5. The Labute approximate surface area is 191 Å². The summed E-state index contributed by atoms with van der Waals surface area (Å²) in [5.41, 5.74) is 2.02. The molecule has 32 heavy (non-hydrogen) atoms. The highest BCUT2D eigenvalue weighted by Crippen LogP contribution is 2.34. The largest absolute Gasteiger partial charge is 0.487 e. The predicted molar refractivity (Wildman–Crippen MR) is 126 cm³/mol. The highest BCUT2D eigenvalue weighted by atomic mass is 32.2. The smallest absolute Gasteiger partial charge is 0.247 e. The molecule has 0 saturated heterocycles. The lowest BCUT2D eigenvalue weighted by Gasteiger charge is -2.37. The van der Waals surface area contributed by atoms with E-state index in [0.717, 1.165) is 17.7 Å². The summed E-state index contributed by atoms with van der Waals surface area (Å²) in [6.45, 7) is 7.02. The fourth-order valence-electron chi connectivity index (χ4n) is 3.93. The number of benzene rings is 1. The van der Waals surface area contributed by atoms with Gasteiger partial charge in [-0.1, -0.05) is 25.1 Å². The maximum absolute atomic E-state index is 13.5. The number of aliphatic hydroxyl groups excluding tert-OH is 1. The predicted octanol–water partition coefficient (Wildman–Crippen LogP) is 3.02. The Morgan fingerprint density at radius 3 is 2.69 bits per heavy atom. The monoisotopic (exact) mass is 459 g/mol. The number of hydrogen-bond acceptors (Lipinski definition) is 6. The minimum Gasteiger partial charge on any atom is -0.487 e. The summed E-state index contributed by atoms with van der Waals surface area (Å²) in [5, 5.41) is 9.75. The van der Waals surface area contributed by atoms with E-state index in [1.54, 1.807) is 37.5 Å². The summed E-state index contributed by atoms with van der Waals surface area (Å²) in [5.74, 6) is 0.266. The molecule has 0 unspecified atom stereocenters. The Hall–Kier alpha value is -2.26. The van der Waals surface area contributed by atoms with Crippen LogP contribution in [0.15, 0.2) is 53.7 Å². The Morgan fingerprint density at radius 2 is 2.03 bits per heavy atom. The van der Waals surface area contributed by atoms with Crippen LogP contribution < -0.4 is 4.74 Å². The van der Waals surface area contributed by atoms with Gasteiger partial charge in [0.15, 0.2) is 0 Å². The van der Waals surface area contributed by atoms with Gasteiger partial charge in [0.05, 0.1) is 6.61 Å². The first-order chi connectivity index (χ1) is 15.3. The van der Waals surface area contributed by atoms with Crippen molar-refractivity contribution in [2.45, 2.75) is 44.4 Å². The van der Waals surface area contributed by atoms with E-state index < -0.39 is 16.1 Å². The molecular weight excluding hydrogens is 426 g/mol. The Bertz CT molecular complexity index is 1030. The first kappa shape index (κ1) is 24.4. The van der Waals surface area contributed by atoms with Crippen LogP contribution >= 0.6 is 0 Å². The van der Waals surface area contributed by atoms with Crippen LogP contribution in [0.2, 0.25) is 0 Å². The Balaban J connectivity index is 1.97. The number of ether oxygens (including phenoxy) is 1. The molecule has 1 aromatic carbocycles. The molecule has 2 heterocycles. The Morgan fingerprint density at radius 1 is 1.31 bits per heavy atom. The van der Waals surface area contributed by atoms with Gasteiger partial charge < -0.3 is 9.84 Å². The number of sulfonamides is 1. The van der Waals surface area contributed by atoms with Crippen LogP contribution in [0.5, 0.6) is 5.75 Å². The van der Waals surface area contributed by atoms with Crippen molar-refractivity contribution < 1.29 is 18.3 Å². The molecule has 0 aliphatic carbocycles. The minimum atomic E-state index is -3.82. The quantitative estimate of drug-likeness (QED) is 0.685. The van der Waals surface area contributed by atoms with Crippen LogP contribution in [0.25, 0.3) is 6.08 Å². The van der Waals surface area contributed by atoms with E-state index >= 15 is 0 Å². The van der Waals surface area contributed by atoms with Gasteiger partial charge in [-0.05, 0) is 56.3 Å². The molecule has 7 nitrogen and oxygen atoms in total. The van der Waals surface area contributed by atoms with Gasteiger partial charge in [0.1, 0.15) is 16.7 Å². The van der Waals surface area contributed by atoms with Crippen molar-refractivity contribution in [2.75, 3.05) is 26.7 Å². The van der Waals surface area contributed by atoms with Crippen LogP contribution in [0.3, 0.4) is 0 Å². The molecule has 2 aromatic rings. The molecule has 0 spiro atoms. The number of allylic oxidation sites excluding steroid dienone is 1. The fourth-order valence-corrected chi connectivity index (χ4v) is 5.75. The van der Waals surface area contributed by atoms with Crippen molar-refractivity contribution in [1.29, 1.82) is 0 Å².